The fourth-order valence-corrected chi connectivity index (χ4v) is 6.91. The maximum atomic E-state index is 13.3. The van der Waals surface area contributed by atoms with Gasteiger partial charge in [0, 0.05) is 49.3 Å². The first-order valence-corrected chi connectivity index (χ1v) is 16.8. The Morgan fingerprint density at radius 2 is 1.80 bits per heavy atom. The molecule has 1 N–H and O–H groups in total. The van der Waals surface area contributed by atoms with Crippen LogP contribution < -0.4 is 34.9 Å². The Balaban J connectivity index is 0.928. The second-order valence-corrected chi connectivity index (χ2v) is 12.6. The number of ether oxygens (including phenoxy) is 4. The van der Waals surface area contributed by atoms with Gasteiger partial charge in [0.25, 0.3) is 11.5 Å². The van der Waals surface area contributed by atoms with E-state index < -0.39 is 6.09 Å². The molecule has 2 aliphatic heterocycles. The zero-order valence-corrected chi connectivity index (χ0v) is 27.8. The molecule has 8 rings (SSSR count). The van der Waals surface area contributed by atoms with Crippen molar-refractivity contribution in [3.63, 3.8) is 0 Å². The number of hydrogen-bond acceptors (Lipinski definition) is 11. The van der Waals surface area contributed by atoms with Crippen molar-refractivity contribution in [3.8, 4) is 23.1 Å². The molecule has 0 radical (unpaired) electrons. The molecule has 1 saturated carbocycles. The van der Waals surface area contributed by atoms with Gasteiger partial charge in [-0.15, -0.1) is 0 Å². The van der Waals surface area contributed by atoms with E-state index in [4.69, 9.17) is 23.9 Å². The van der Waals surface area contributed by atoms with Crippen LogP contribution in [0.1, 0.15) is 24.8 Å². The van der Waals surface area contributed by atoms with E-state index in [0.29, 0.717) is 67.1 Å². The molecule has 3 aliphatic rings. The van der Waals surface area contributed by atoms with Crippen LogP contribution in [0.25, 0.3) is 11.0 Å². The number of pyridine rings is 4. The molecule has 3 atom stereocenters. The third-order valence-corrected chi connectivity index (χ3v) is 9.45. The summed E-state index contributed by atoms with van der Waals surface area (Å²) in [4.78, 5) is 55.8. The molecule has 2 fully saturated rings. The van der Waals surface area contributed by atoms with Gasteiger partial charge in [0.2, 0.25) is 5.88 Å². The molecule has 51 heavy (non-hydrogen) atoms. The Kier molecular flexibility index (Phi) is 8.66. The Bertz CT molecular complexity index is 2140. The van der Waals surface area contributed by atoms with Crippen LogP contribution >= 0.6 is 0 Å². The second-order valence-electron chi connectivity index (χ2n) is 12.6. The minimum absolute atomic E-state index is 0.0737. The minimum atomic E-state index is -0.472. The zero-order chi connectivity index (χ0) is 34.9. The van der Waals surface area contributed by atoms with Gasteiger partial charge in [0.05, 0.1) is 25.9 Å². The van der Waals surface area contributed by atoms with Crippen molar-refractivity contribution in [3.05, 3.63) is 101 Å². The number of aromatic nitrogens is 4. The SMILES string of the molecule is COc1ccc(CN2C(=O)COc3ccc(N4C(=O)O[C@@H]5C[C@@H](NCCn6c7nc(Oc8cccnc8)ccc7cc[12c]6=O)CC[C@@H]54)nc32)cc1. The maximum absolute atomic E-state index is 13.3. The van der Waals surface area contributed by atoms with Gasteiger partial charge < -0.3 is 24.3 Å². The topological polar surface area (TPSA) is 150 Å². The summed E-state index contributed by atoms with van der Waals surface area (Å²) in [5, 5.41) is 4.38. The monoisotopic (exact) mass is 689 g/mol. The van der Waals surface area contributed by atoms with Gasteiger partial charge in [-0.1, -0.05) is 12.1 Å². The quantitative estimate of drug-likeness (QED) is 0.222. The Labute approximate surface area is 292 Å². The molecule has 1 aromatic carbocycles. The van der Waals surface area contributed by atoms with E-state index in [1.807, 2.05) is 30.3 Å². The van der Waals surface area contributed by atoms with E-state index in [1.54, 1.807) is 76.3 Å². The van der Waals surface area contributed by atoms with Crippen molar-refractivity contribution in [1.29, 1.82) is 0 Å². The van der Waals surface area contributed by atoms with Gasteiger partial charge in [0.1, 0.15) is 29.1 Å². The molecule has 0 bridgehead atoms. The molecule has 0 spiro atoms. The normalized spacial score (nSPS) is 19.7. The molecule has 5 aromatic rings. The summed E-state index contributed by atoms with van der Waals surface area (Å²) in [5.41, 5.74) is 1.27. The summed E-state index contributed by atoms with van der Waals surface area (Å²) in [5.74, 6) is 2.66. The molecule has 4 aromatic heterocycles. The molecule has 14 nitrogen and oxygen atoms in total. The van der Waals surface area contributed by atoms with Crippen molar-refractivity contribution < 1.29 is 28.5 Å². The van der Waals surface area contributed by atoms with E-state index >= 15 is 0 Å². The summed E-state index contributed by atoms with van der Waals surface area (Å²) in [6.45, 7) is 1.10. The fourth-order valence-electron chi connectivity index (χ4n) is 6.91. The van der Waals surface area contributed by atoms with Crippen LogP contribution in [0.4, 0.5) is 16.4 Å². The molecule has 14 heteroatoms. The average Bonchev–Trinajstić information content (AvgIpc) is 3.49. The lowest BCUT2D eigenvalue weighted by atomic mass is 9.88. The standard InChI is InChI=1S/C37H35N7O7/c1-48-26-9-4-23(5-10-26)21-43-34(46)22-49-29-12-13-31(40-36(29)43)44-28-11-8-25(19-30(28)51-37(44)47)39-17-18-42-33(45)15-7-24-6-14-32(41-35(24)42)50-27-3-2-16-38-20-27/h2-7,9-10,12-16,20,25,28,30,39H,8,11,17-19,21-22H2,1H3/t25-,28-,30+/m0/s1/i33+0. The predicted molar refractivity (Wildman–Crippen MR) is 186 cm³/mol. The molecular weight excluding hydrogens is 654 g/mol. The third kappa shape index (κ3) is 6.53. The van der Waals surface area contributed by atoms with Crippen LogP contribution in [0, 0.1) is 0 Å². The number of nitrogens with zero attached hydrogens (tertiary/aromatic N) is 6. The highest BCUT2D eigenvalue weighted by molar-refractivity contribution is 5.97. The van der Waals surface area contributed by atoms with E-state index in [0.717, 1.165) is 23.1 Å². The van der Waals surface area contributed by atoms with E-state index in [2.05, 4.69) is 15.3 Å². The number of hydrogen-bond donors (Lipinski definition) is 1. The van der Waals surface area contributed by atoms with Gasteiger partial charge >= 0.3 is 6.09 Å². The number of carbonyl (C=O) groups is 2. The largest absolute Gasteiger partial charge is 0.497 e. The Hall–Kier alpha value is -6.02. The highest BCUT2D eigenvalue weighted by Crippen LogP contribution is 2.39. The van der Waals surface area contributed by atoms with Crippen LogP contribution in [0.2, 0.25) is 0 Å². The van der Waals surface area contributed by atoms with Gasteiger partial charge in [-0.05, 0) is 66.9 Å². The number of amides is 2. The number of nitrogens with one attached hydrogen (secondary N) is 1. The van der Waals surface area contributed by atoms with Gasteiger partial charge in [-0.2, -0.15) is 4.98 Å². The Morgan fingerprint density at radius 3 is 2.63 bits per heavy atom. The number of rotatable bonds is 10. The van der Waals surface area contributed by atoms with E-state index in [1.165, 1.54) is 0 Å². The highest BCUT2D eigenvalue weighted by atomic mass is 16.6. The van der Waals surface area contributed by atoms with Crippen LogP contribution in [0.5, 0.6) is 23.1 Å². The van der Waals surface area contributed by atoms with Gasteiger partial charge in [-0.25, -0.2) is 9.78 Å². The molecule has 260 valence electrons. The van der Waals surface area contributed by atoms with E-state index in [-0.39, 0.29) is 36.3 Å². The summed E-state index contributed by atoms with van der Waals surface area (Å²) in [6, 6.07) is 21.3. The van der Waals surface area contributed by atoms with Gasteiger partial charge in [-0.3, -0.25) is 28.9 Å². The van der Waals surface area contributed by atoms with Gasteiger partial charge in [0.15, 0.2) is 18.2 Å². The molecule has 1 saturated heterocycles. The molecule has 0 unspecified atom stereocenters. The van der Waals surface area contributed by atoms with Crippen LogP contribution in [-0.4, -0.2) is 70.0 Å². The fraction of sp³-hybridized carbons (Fsp3) is 0.297. The smallest absolute Gasteiger partial charge is 0.416 e. The molecule has 1 aliphatic carbocycles. The molecule has 6 heterocycles. The first-order valence-electron chi connectivity index (χ1n) is 16.8. The Morgan fingerprint density at radius 1 is 0.941 bits per heavy atom. The van der Waals surface area contributed by atoms with Crippen molar-refractivity contribution in [2.45, 2.75) is 50.5 Å². The lowest BCUT2D eigenvalue weighted by molar-refractivity contribution is -0.121. The first kappa shape index (κ1) is 32.2. The van der Waals surface area contributed by atoms with Crippen molar-refractivity contribution in [1.82, 2.24) is 24.8 Å². The second kappa shape index (κ2) is 13.7. The van der Waals surface area contributed by atoms with Crippen molar-refractivity contribution in [2.24, 2.45) is 0 Å². The maximum Gasteiger partial charge on any atom is 0.416 e. The first-order chi connectivity index (χ1) is 24.9. The average molecular weight is 690 g/mol. The summed E-state index contributed by atoms with van der Waals surface area (Å²) < 4.78 is 24.3. The lowest BCUT2D eigenvalue weighted by Gasteiger charge is -2.34. The third-order valence-electron chi connectivity index (χ3n) is 9.45. The van der Waals surface area contributed by atoms with E-state index in [9.17, 15) is 14.4 Å². The number of carbonyl (C=O) groups excluding carboxylic acids is 2. The molecular formula is C37H35N7O7. The number of anilines is 2. The van der Waals surface area contributed by atoms with Crippen LogP contribution in [0.3, 0.4) is 0 Å². The van der Waals surface area contributed by atoms with Crippen molar-refractivity contribution >= 4 is 34.7 Å². The number of benzene rings is 1. The van der Waals surface area contributed by atoms with Crippen molar-refractivity contribution in [2.75, 3.05) is 30.1 Å². The zero-order valence-electron chi connectivity index (χ0n) is 27.8. The van der Waals surface area contributed by atoms with Crippen LogP contribution in [0.15, 0.2) is 90.0 Å². The highest BCUT2D eigenvalue weighted by Gasteiger charge is 2.47. The summed E-state index contributed by atoms with van der Waals surface area (Å²) >= 11 is 0. The number of methoxy groups -OCH3 is 1. The predicted octanol–water partition coefficient (Wildman–Crippen LogP) is 4.45. The molecule has 2 amide bonds. The summed E-state index contributed by atoms with van der Waals surface area (Å²) in [6.07, 6.45) is 4.52. The number of fused-ring (bicyclic) bond motifs is 3. The minimum Gasteiger partial charge on any atom is -0.497 e. The van der Waals surface area contributed by atoms with Crippen LogP contribution in [-0.2, 0) is 22.6 Å². The lowest BCUT2D eigenvalue weighted by Crippen LogP contribution is -2.47. The summed E-state index contributed by atoms with van der Waals surface area (Å²) in [7, 11) is 1.60.